The Balaban J connectivity index is -0.000000142. The van der Waals surface area contributed by atoms with Crippen molar-refractivity contribution in [1.82, 2.24) is 0 Å². The van der Waals surface area contributed by atoms with Crippen molar-refractivity contribution in [3.8, 4) is 0 Å². The van der Waals surface area contributed by atoms with Gasteiger partial charge in [0.1, 0.15) is 4.31 Å². The van der Waals surface area contributed by atoms with Crippen LogP contribution in [-0.2, 0) is 13.4 Å². The molecule has 0 fully saturated rings. The number of rotatable bonds is 3. The van der Waals surface area contributed by atoms with Crippen LogP contribution < -0.4 is 9.79 Å². The predicted octanol–water partition coefficient (Wildman–Crippen LogP) is -1.18. The first kappa shape index (κ1) is 19.0. The van der Waals surface area contributed by atoms with Crippen molar-refractivity contribution in [3.63, 3.8) is 0 Å². The topological polar surface area (TPSA) is 110 Å². The number of hydrogen-bond donors (Lipinski definition) is 1. The van der Waals surface area contributed by atoms with E-state index < -0.39 is 16.5 Å². The molecule has 0 aromatic heterocycles. The van der Waals surface area contributed by atoms with Gasteiger partial charge in [0, 0.05) is 0 Å². The summed E-state index contributed by atoms with van der Waals surface area (Å²) in [5.74, 6) is 0. The first-order valence-corrected chi connectivity index (χ1v) is 4.42. The van der Waals surface area contributed by atoms with Gasteiger partial charge in [-0.3, -0.25) is 0 Å². The number of hydrogen-bond acceptors (Lipinski definition) is 6. The van der Waals surface area contributed by atoms with Gasteiger partial charge in [-0.2, -0.15) is 0 Å². The van der Waals surface area contributed by atoms with E-state index >= 15 is 0 Å². The second kappa shape index (κ2) is 14.9. The first-order valence-electron chi connectivity index (χ1n) is 2.23. The van der Waals surface area contributed by atoms with E-state index in [0.29, 0.717) is 0 Å². The van der Waals surface area contributed by atoms with E-state index in [1.807, 2.05) is 0 Å². The molecule has 0 spiro atoms. The van der Waals surface area contributed by atoms with Gasteiger partial charge in [-0.25, -0.2) is 0 Å². The Bertz CT molecular complexity index is 138. The number of aliphatic hydroxyl groups is 1. The van der Waals surface area contributed by atoms with E-state index in [1.165, 1.54) is 6.08 Å². The molecular formula is C3H6BaO6P2+2. The molecule has 0 heterocycles. The molecule has 0 radical (unpaired) electrons. The van der Waals surface area contributed by atoms with E-state index in [1.54, 1.807) is 0 Å². The van der Waals surface area contributed by atoms with E-state index in [0.717, 1.165) is 0 Å². The summed E-state index contributed by atoms with van der Waals surface area (Å²) in [7, 11) is -6.47. The van der Waals surface area contributed by atoms with Gasteiger partial charge in [0.25, 0.3) is 0 Å². The summed E-state index contributed by atoms with van der Waals surface area (Å²) in [4.78, 5) is 18.5. The fourth-order valence-corrected chi connectivity index (χ4v) is 0.490. The number of aliphatic hydroxyl groups excluding tert-OH is 1. The van der Waals surface area contributed by atoms with Gasteiger partial charge < -0.3 is 14.9 Å². The van der Waals surface area contributed by atoms with Crippen molar-refractivity contribution in [2.75, 3.05) is 6.61 Å². The molecule has 9 heteroatoms. The Labute approximate surface area is 112 Å². The van der Waals surface area contributed by atoms with Crippen molar-refractivity contribution in [2.24, 2.45) is 0 Å². The smallest absolute Gasteiger partial charge is 0.563 e. The Morgan fingerprint density at radius 2 is 1.67 bits per heavy atom. The SMILES string of the molecule is C=CCO.O=[P+]([O-])O[P+](=O)[O-].[Ba+2]. The van der Waals surface area contributed by atoms with Crippen molar-refractivity contribution in [1.29, 1.82) is 0 Å². The maximum Gasteiger partial charge on any atom is 2.00 e. The molecule has 6 nitrogen and oxygen atoms in total. The van der Waals surface area contributed by atoms with Crippen LogP contribution in [0, 0.1) is 0 Å². The molecule has 0 amide bonds. The van der Waals surface area contributed by atoms with E-state index in [9.17, 15) is 18.9 Å². The van der Waals surface area contributed by atoms with Gasteiger partial charge >= 0.3 is 65.4 Å². The summed E-state index contributed by atoms with van der Waals surface area (Å²) in [5, 5.41) is 7.76. The molecular weight excluding hydrogens is 331 g/mol. The minimum atomic E-state index is -3.24. The molecule has 2 unspecified atom stereocenters. The zero-order chi connectivity index (χ0) is 9.28. The van der Waals surface area contributed by atoms with Crippen LogP contribution in [0.3, 0.4) is 0 Å². The first-order chi connectivity index (χ1) is 5.04. The van der Waals surface area contributed by atoms with Crippen LogP contribution in [0.4, 0.5) is 0 Å². The third kappa shape index (κ3) is 30.2. The molecule has 1 N–H and O–H groups in total. The Morgan fingerprint density at radius 1 is 1.42 bits per heavy atom. The van der Waals surface area contributed by atoms with Crippen LogP contribution in [0.15, 0.2) is 12.7 Å². The van der Waals surface area contributed by atoms with Crippen LogP contribution in [0.25, 0.3) is 0 Å². The van der Waals surface area contributed by atoms with Crippen LogP contribution >= 0.6 is 16.5 Å². The monoisotopic (exact) mass is 338 g/mol. The van der Waals surface area contributed by atoms with Gasteiger partial charge in [0.2, 0.25) is 0 Å². The van der Waals surface area contributed by atoms with Crippen LogP contribution in [0.2, 0.25) is 0 Å². The van der Waals surface area contributed by atoms with Gasteiger partial charge in [0.05, 0.1) is 6.61 Å². The minimum absolute atomic E-state index is 0. The summed E-state index contributed by atoms with van der Waals surface area (Å²) in [6.45, 7) is 3.31. The Hall–Kier alpha value is 1.35. The van der Waals surface area contributed by atoms with Crippen LogP contribution in [-0.4, -0.2) is 60.6 Å². The summed E-state index contributed by atoms with van der Waals surface area (Å²) in [6, 6.07) is 0. The van der Waals surface area contributed by atoms with Crippen LogP contribution in [0.1, 0.15) is 0 Å². The molecule has 64 valence electrons. The van der Waals surface area contributed by atoms with Crippen molar-refractivity contribution >= 4 is 65.4 Å². The molecule has 12 heavy (non-hydrogen) atoms. The molecule has 0 saturated heterocycles. The van der Waals surface area contributed by atoms with Crippen molar-refractivity contribution in [2.45, 2.75) is 0 Å². The van der Waals surface area contributed by atoms with E-state index in [-0.39, 0.29) is 55.5 Å². The molecule has 0 saturated carbocycles. The summed E-state index contributed by atoms with van der Waals surface area (Å²) in [5.41, 5.74) is 0. The van der Waals surface area contributed by atoms with E-state index in [4.69, 9.17) is 5.11 Å². The average molecular weight is 337 g/mol. The molecule has 0 aromatic rings. The largest absolute Gasteiger partial charge is 2.00 e. The molecule has 0 aliphatic rings. The molecule has 2 atom stereocenters. The maximum absolute atomic E-state index is 9.24. The third-order valence-electron chi connectivity index (χ3n) is 0.262. The van der Waals surface area contributed by atoms with Gasteiger partial charge in [-0.05, 0) is 9.13 Å². The van der Waals surface area contributed by atoms with Crippen LogP contribution in [0.5, 0.6) is 0 Å². The minimum Gasteiger partial charge on any atom is -0.563 e. The molecule has 0 aliphatic heterocycles. The molecule has 0 rings (SSSR count). The predicted molar refractivity (Wildman–Crippen MR) is 39.3 cm³/mol. The fraction of sp³-hybridized carbons (Fsp3) is 0.333. The fourth-order valence-electron chi connectivity index (χ4n) is 0.0544. The van der Waals surface area contributed by atoms with Gasteiger partial charge in [-0.1, -0.05) is 6.08 Å². The zero-order valence-electron chi connectivity index (χ0n) is 6.08. The quantitative estimate of drug-likeness (QED) is 0.394. The Kier molecular flexibility index (Phi) is 23.5. The maximum atomic E-state index is 9.24. The van der Waals surface area contributed by atoms with Gasteiger partial charge in [-0.15, -0.1) is 6.58 Å². The molecule has 0 aliphatic carbocycles. The summed E-state index contributed by atoms with van der Waals surface area (Å²) >= 11 is 0. The van der Waals surface area contributed by atoms with E-state index in [2.05, 4.69) is 10.9 Å². The second-order valence-electron chi connectivity index (χ2n) is 1.00. The van der Waals surface area contributed by atoms with Crippen molar-refractivity contribution < 1.29 is 28.3 Å². The average Bonchev–Trinajstić information content (AvgIpc) is 1.85. The standard InChI is InChI=1S/C3H6O.Ba.O5P2/c1-2-3-4;;1-6(2)5-7(3)4/h2,4H,1,3H2;;/q;+2;. The zero-order valence-corrected chi connectivity index (χ0v) is 12.3. The Morgan fingerprint density at radius 3 is 1.67 bits per heavy atom. The second-order valence-corrected chi connectivity index (χ2v) is 2.55. The summed E-state index contributed by atoms with van der Waals surface area (Å²) < 4.78 is 21.6. The normalized spacial score (nSPS) is 9.92. The molecule has 0 aromatic carbocycles. The summed E-state index contributed by atoms with van der Waals surface area (Å²) in [6.07, 6.45) is 1.43. The molecule has 0 bridgehead atoms. The van der Waals surface area contributed by atoms with Gasteiger partial charge in [0.15, 0.2) is 0 Å². The van der Waals surface area contributed by atoms with Crippen molar-refractivity contribution in [3.05, 3.63) is 12.7 Å². The third-order valence-corrected chi connectivity index (χ3v) is 1.33.